The first kappa shape index (κ1) is 13.6. The van der Waals surface area contributed by atoms with Crippen LogP contribution in [0.3, 0.4) is 0 Å². The van der Waals surface area contributed by atoms with Gasteiger partial charge in [0.15, 0.2) is 0 Å². The summed E-state index contributed by atoms with van der Waals surface area (Å²) in [5.41, 5.74) is -0.878. The number of rotatable bonds is 4. The van der Waals surface area contributed by atoms with Gasteiger partial charge in [-0.05, 0) is 19.8 Å². The zero-order chi connectivity index (χ0) is 12.9. The third-order valence-electron chi connectivity index (χ3n) is 3.39. The minimum atomic E-state index is -0.878. The molecule has 1 unspecified atom stereocenters. The maximum Gasteiger partial charge on any atom is 0.310 e. The number of carbonyl (C=O) groups excluding carboxylic acids is 1. The average Bonchev–Trinajstić information content (AvgIpc) is 2.29. The minimum Gasteiger partial charge on any atom is -0.481 e. The van der Waals surface area contributed by atoms with E-state index in [1.165, 1.54) is 0 Å². The Morgan fingerprint density at radius 2 is 2.00 bits per heavy atom. The summed E-state index contributed by atoms with van der Waals surface area (Å²) in [6, 6.07) is -0.350. The first-order valence-electron chi connectivity index (χ1n) is 5.99. The van der Waals surface area contributed by atoms with E-state index in [4.69, 9.17) is 6.42 Å². The molecular formula is C13H19NO3. The zero-order valence-electron chi connectivity index (χ0n) is 10.2. The fourth-order valence-corrected chi connectivity index (χ4v) is 2.34. The van der Waals surface area contributed by atoms with E-state index in [0.717, 1.165) is 19.3 Å². The molecule has 1 saturated carbocycles. The Balaban J connectivity index is 2.64. The minimum absolute atomic E-state index is 0.0361. The molecular weight excluding hydrogens is 218 g/mol. The van der Waals surface area contributed by atoms with Gasteiger partial charge in [-0.25, -0.2) is 0 Å². The molecule has 1 aliphatic carbocycles. The van der Waals surface area contributed by atoms with Gasteiger partial charge in [0.1, 0.15) is 0 Å². The van der Waals surface area contributed by atoms with Gasteiger partial charge in [0.05, 0.1) is 11.5 Å². The summed E-state index contributed by atoms with van der Waals surface area (Å²) < 4.78 is 0. The molecule has 0 aromatic rings. The van der Waals surface area contributed by atoms with Crippen molar-refractivity contribution < 1.29 is 14.7 Å². The van der Waals surface area contributed by atoms with Crippen molar-refractivity contribution in [2.75, 3.05) is 0 Å². The molecule has 4 nitrogen and oxygen atoms in total. The summed E-state index contributed by atoms with van der Waals surface area (Å²) in [4.78, 5) is 23.1. The summed E-state index contributed by atoms with van der Waals surface area (Å²) >= 11 is 0. The zero-order valence-corrected chi connectivity index (χ0v) is 10.2. The first-order valence-corrected chi connectivity index (χ1v) is 5.99. The molecule has 4 heteroatoms. The number of carbonyl (C=O) groups is 2. The summed E-state index contributed by atoms with van der Waals surface area (Å²) in [5.74, 6) is 1.27. The van der Waals surface area contributed by atoms with Gasteiger partial charge in [-0.3, -0.25) is 9.59 Å². The third kappa shape index (κ3) is 3.48. The first-order chi connectivity index (χ1) is 8.00. The Kier molecular flexibility index (Phi) is 4.56. The molecule has 0 saturated heterocycles. The summed E-state index contributed by atoms with van der Waals surface area (Å²) in [5, 5.41) is 11.9. The molecule has 1 rings (SSSR count). The molecule has 1 atom stereocenters. The van der Waals surface area contributed by atoms with Gasteiger partial charge >= 0.3 is 5.97 Å². The van der Waals surface area contributed by atoms with E-state index in [1.54, 1.807) is 6.92 Å². The van der Waals surface area contributed by atoms with Crippen molar-refractivity contribution in [2.45, 2.75) is 51.5 Å². The van der Waals surface area contributed by atoms with E-state index in [1.807, 2.05) is 0 Å². The second-order valence-corrected chi connectivity index (χ2v) is 4.78. The van der Waals surface area contributed by atoms with Crippen LogP contribution in [0.4, 0.5) is 0 Å². The van der Waals surface area contributed by atoms with Crippen LogP contribution in [0.15, 0.2) is 0 Å². The van der Waals surface area contributed by atoms with E-state index in [2.05, 4.69) is 11.2 Å². The average molecular weight is 237 g/mol. The van der Waals surface area contributed by atoms with E-state index in [-0.39, 0.29) is 18.4 Å². The summed E-state index contributed by atoms with van der Waals surface area (Å²) in [6.07, 6.45) is 9.18. The number of carboxylic acids is 1. The van der Waals surface area contributed by atoms with Crippen LogP contribution in [0.25, 0.3) is 0 Å². The molecule has 94 valence electrons. The standard InChI is InChI=1S/C13H19NO3/c1-3-10(2)14-11(15)9-13(12(16)17)7-5-4-6-8-13/h1,10H,4-9H2,2H3,(H,14,15)(H,16,17). The van der Waals surface area contributed by atoms with E-state index in [0.29, 0.717) is 12.8 Å². The molecule has 1 amide bonds. The fourth-order valence-electron chi connectivity index (χ4n) is 2.34. The van der Waals surface area contributed by atoms with Crippen LogP contribution >= 0.6 is 0 Å². The van der Waals surface area contributed by atoms with Gasteiger partial charge in [0, 0.05) is 6.42 Å². The number of nitrogens with one attached hydrogen (secondary N) is 1. The van der Waals surface area contributed by atoms with Crippen molar-refractivity contribution in [2.24, 2.45) is 5.41 Å². The Morgan fingerprint density at radius 3 is 2.47 bits per heavy atom. The molecule has 0 aliphatic heterocycles. The second kappa shape index (κ2) is 5.72. The number of amides is 1. The van der Waals surface area contributed by atoms with Crippen molar-refractivity contribution >= 4 is 11.9 Å². The lowest BCUT2D eigenvalue weighted by molar-refractivity contribution is -0.154. The largest absolute Gasteiger partial charge is 0.481 e. The maximum atomic E-state index is 11.7. The van der Waals surface area contributed by atoms with Gasteiger partial charge in [-0.2, -0.15) is 0 Å². The van der Waals surface area contributed by atoms with Crippen LogP contribution in [0, 0.1) is 17.8 Å². The van der Waals surface area contributed by atoms with Crippen molar-refractivity contribution in [3.63, 3.8) is 0 Å². The van der Waals surface area contributed by atoms with E-state index >= 15 is 0 Å². The van der Waals surface area contributed by atoms with Crippen molar-refractivity contribution in [1.29, 1.82) is 0 Å². The summed E-state index contributed by atoms with van der Waals surface area (Å²) in [7, 11) is 0. The second-order valence-electron chi connectivity index (χ2n) is 4.78. The van der Waals surface area contributed by atoms with Gasteiger partial charge in [0.2, 0.25) is 5.91 Å². The van der Waals surface area contributed by atoms with E-state index < -0.39 is 11.4 Å². The predicted molar refractivity (Wildman–Crippen MR) is 64.2 cm³/mol. The van der Waals surface area contributed by atoms with Crippen LogP contribution in [-0.2, 0) is 9.59 Å². The third-order valence-corrected chi connectivity index (χ3v) is 3.39. The molecule has 0 aromatic carbocycles. The molecule has 0 radical (unpaired) electrons. The number of terminal acetylenes is 1. The molecule has 1 aliphatic rings. The highest BCUT2D eigenvalue weighted by Crippen LogP contribution is 2.39. The quantitative estimate of drug-likeness (QED) is 0.729. The SMILES string of the molecule is C#CC(C)NC(=O)CC1(C(=O)O)CCCCC1. The Hall–Kier alpha value is -1.50. The van der Waals surface area contributed by atoms with Crippen LogP contribution in [0.5, 0.6) is 0 Å². The smallest absolute Gasteiger partial charge is 0.310 e. The van der Waals surface area contributed by atoms with Crippen molar-refractivity contribution in [3.05, 3.63) is 0 Å². The Bertz CT molecular complexity index is 337. The predicted octanol–water partition coefficient (Wildman–Crippen LogP) is 1.55. The molecule has 0 aromatic heterocycles. The van der Waals surface area contributed by atoms with Crippen LogP contribution < -0.4 is 5.32 Å². The lowest BCUT2D eigenvalue weighted by atomic mass is 9.71. The molecule has 2 N–H and O–H groups in total. The number of hydrogen-bond acceptors (Lipinski definition) is 2. The number of carboxylic acid groups (broad SMARTS) is 1. The topological polar surface area (TPSA) is 66.4 Å². The van der Waals surface area contributed by atoms with Crippen LogP contribution in [-0.4, -0.2) is 23.0 Å². The number of hydrogen-bond donors (Lipinski definition) is 2. The van der Waals surface area contributed by atoms with Crippen molar-refractivity contribution in [1.82, 2.24) is 5.32 Å². The van der Waals surface area contributed by atoms with Gasteiger partial charge in [-0.1, -0.05) is 25.2 Å². The lowest BCUT2D eigenvalue weighted by Crippen LogP contribution is -2.41. The summed E-state index contributed by atoms with van der Waals surface area (Å²) in [6.45, 7) is 1.70. The van der Waals surface area contributed by atoms with Crippen LogP contribution in [0.1, 0.15) is 45.4 Å². The fraction of sp³-hybridized carbons (Fsp3) is 0.692. The Labute approximate surface area is 102 Å². The van der Waals surface area contributed by atoms with Crippen molar-refractivity contribution in [3.8, 4) is 12.3 Å². The van der Waals surface area contributed by atoms with Gasteiger partial charge < -0.3 is 10.4 Å². The van der Waals surface area contributed by atoms with Gasteiger partial charge in [-0.15, -0.1) is 6.42 Å². The Morgan fingerprint density at radius 1 is 1.41 bits per heavy atom. The molecule has 0 bridgehead atoms. The number of aliphatic carboxylic acids is 1. The van der Waals surface area contributed by atoms with Crippen LogP contribution in [0.2, 0.25) is 0 Å². The highest BCUT2D eigenvalue weighted by Gasteiger charge is 2.41. The van der Waals surface area contributed by atoms with E-state index in [9.17, 15) is 14.7 Å². The molecule has 0 spiro atoms. The maximum absolute atomic E-state index is 11.7. The monoisotopic (exact) mass is 237 g/mol. The highest BCUT2D eigenvalue weighted by atomic mass is 16.4. The molecule has 17 heavy (non-hydrogen) atoms. The molecule has 1 fully saturated rings. The highest BCUT2D eigenvalue weighted by molar-refractivity contribution is 5.85. The lowest BCUT2D eigenvalue weighted by Gasteiger charge is -2.32. The molecule has 0 heterocycles. The normalized spacial score (nSPS) is 20.0. The van der Waals surface area contributed by atoms with Gasteiger partial charge in [0.25, 0.3) is 0 Å².